The second kappa shape index (κ2) is 37.1. The standard InChI is InChI=1S/C17H14ClN3O2.C16H15ClN4O2.C16H13ClN4O2.C16H17ClN4.4CH4/c1-2-23-16(22)9-13(12-4-3-7-19-10-12)11-5-6-15-14(8-11)17(18)21-20-15;2*1-18-23-15(22)8-12(11-3-2-6-19-9-11)10-4-5-14-13(7-10)16(17)21-20-14;1-18-8-6-13(12-3-2-7-19-10-12)11-4-5-15-14(9-11)16(17)21-20-15;;;;/h3-10H,2H2,1H3,(H,20,21);2-7,9,12,18H,8H2,1H3,(H,20,21);2-9,18H,1H3,(H,20,21);2-5,7,9-10,13,18H,6,8H2,1H3,(H,20,21);4*1H4/b13-9+;;12-8+;;;;;. The molecule has 0 fully saturated rings. The highest BCUT2D eigenvalue weighted by Crippen LogP contribution is 2.35. The molecule has 8 heterocycles. The first-order valence-electron chi connectivity index (χ1n) is 28.0. The fourth-order valence-corrected chi connectivity index (χ4v) is 10.5. The number of hydroxylamine groups is 2. The summed E-state index contributed by atoms with van der Waals surface area (Å²) in [5.74, 6) is -1.14. The molecule has 21 nitrogen and oxygen atoms in total. The van der Waals surface area contributed by atoms with E-state index in [1.165, 1.54) is 30.3 Å². The Kier molecular flexibility index (Phi) is 29.6. The third-order valence-corrected chi connectivity index (χ3v) is 15.1. The molecule has 8 aromatic heterocycles. The van der Waals surface area contributed by atoms with Crippen molar-refractivity contribution in [3.05, 3.63) is 248 Å². The van der Waals surface area contributed by atoms with E-state index in [9.17, 15) is 14.4 Å². The number of H-pyrrole nitrogens is 4. The second-order valence-electron chi connectivity index (χ2n) is 19.6. The quantitative estimate of drug-likeness (QED) is 0.0182. The number of rotatable bonds is 18. The number of nitrogens with zero attached hydrogens (tertiary/aromatic N) is 8. The van der Waals surface area contributed by atoms with E-state index in [1.54, 1.807) is 63.4 Å². The van der Waals surface area contributed by atoms with Gasteiger partial charge in [0.25, 0.3) is 0 Å². The highest BCUT2D eigenvalue weighted by molar-refractivity contribution is 6.35. The van der Waals surface area contributed by atoms with Gasteiger partial charge in [-0.25, -0.2) is 9.59 Å². The maximum absolute atomic E-state index is 11.9. The van der Waals surface area contributed by atoms with Gasteiger partial charge in [0.2, 0.25) is 0 Å². The first-order valence-corrected chi connectivity index (χ1v) is 29.5. The zero-order valence-corrected chi connectivity index (χ0v) is 51.9. The monoisotopic (exact) mass is 1350 g/mol. The molecule has 2 atom stereocenters. The Morgan fingerprint density at radius 1 is 0.468 bits per heavy atom. The highest BCUT2D eigenvalue weighted by Gasteiger charge is 2.22. The van der Waals surface area contributed by atoms with Crippen molar-refractivity contribution >= 4 is 119 Å². The Morgan fingerprint density at radius 2 is 0.862 bits per heavy atom. The predicted octanol–water partition coefficient (Wildman–Crippen LogP) is 15.0. The lowest BCUT2D eigenvalue weighted by Crippen LogP contribution is -2.18. The third-order valence-electron chi connectivity index (χ3n) is 13.9. The van der Waals surface area contributed by atoms with Crippen LogP contribution in [0, 0.1) is 0 Å². The van der Waals surface area contributed by atoms with Gasteiger partial charge in [-0.1, -0.05) is 125 Å². The van der Waals surface area contributed by atoms with Crippen molar-refractivity contribution < 1.29 is 28.8 Å². The van der Waals surface area contributed by atoms with Gasteiger partial charge in [-0.3, -0.25) is 45.1 Å². The van der Waals surface area contributed by atoms with E-state index in [0.717, 1.165) is 95.5 Å². The van der Waals surface area contributed by atoms with E-state index >= 15 is 0 Å². The molecule has 4 aromatic carbocycles. The molecular formula is C69H75Cl4N15O6. The molecule has 2 unspecified atom stereocenters. The van der Waals surface area contributed by atoms with Crippen molar-refractivity contribution in [2.75, 3.05) is 34.3 Å². The van der Waals surface area contributed by atoms with Crippen LogP contribution < -0.4 is 16.3 Å². The molecule has 7 N–H and O–H groups in total. The number of pyridine rings is 4. The number of halogens is 4. The molecule has 0 amide bonds. The van der Waals surface area contributed by atoms with Gasteiger partial charge < -0.3 is 19.7 Å². The fraction of sp³-hybridized carbons (Fsp3) is 0.203. The number of aromatic amines is 4. The van der Waals surface area contributed by atoms with Crippen LogP contribution in [0.15, 0.2) is 183 Å². The summed E-state index contributed by atoms with van der Waals surface area (Å²) in [4.78, 5) is 61.9. The average molecular weight is 1350 g/mol. The number of nitrogens with one attached hydrogen (secondary N) is 7. The molecule has 0 spiro atoms. The molecule has 12 rings (SSSR count). The Labute approximate surface area is 565 Å². The summed E-state index contributed by atoms with van der Waals surface area (Å²) in [6.45, 7) is 3.03. The summed E-state index contributed by atoms with van der Waals surface area (Å²) >= 11 is 24.5. The number of carbonyl (C=O) groups is 3. The minimum absolute atomic E-state index is 0. The number of carbonyl (C=O) groups excluding carboxylic acids is 3. The summed E-state index contributed by atoms with van der Waals surface area (Å²) in [6.07, 6.45) is 18.0. The van der Waals surface area contributed by atoms with Crippen LogP contribution in [0.2, 0.25) is 20.6 Å². The SMILES string of the molecule is C.C.C.C.CCOC(=O)/C=C(/c1cccnc1)c1ccc2n[nH]c(Cl)c2c1.CNCCC(c1cccnc1)c1ccc2n[nH]c(Cl)c2c1.CNOC(=O)/C=C(/c1cccnc1)c1ccc2n[nH]c(Cl)c2c1.CNOC(=O)CC(c1cccnc1)c1ccc2n[nH]c(Cl)c2c1. The van der Waals surface area contributed by atoms with E-state index in [-0.39, 0.29) is 48.0 Å². The van der Waals surface area contributed by atoms with Gasteiger partial charge in [0.15, 0.2) is 0 Å². The number of aromatic nitrogens is 12. The predicted molar refractivity (Wildman–Crippen MR) is 376 cm³/mol. The average Bonchev–Trinajstić information content (AvgIpc) is 1.57. The Balaban J connectivity index is 0.000000224. The minimum atomic E-state index is -0.509. The summed E-state index contributed by atoms with van der Waals surface area (Å²) in [7, 11) is 5.04. The topological polar surface area (TPSA) is 281 Å². The summed E-state index contributed by atoms with van der Waals surface area (Å²) in [5.41, 5.74) is 16.9. The van der Waals surface area contributed by atoms with Crippen LogP contribution in [0.1, 0.15) is 106 Å². The van der Waals surface area contributed by atoms with Crippen LogP contribution in [-0.4, -0.2) is 113 Å². The molecule has 0 bridgehead atoms. The van der Waals surface area contributed by atoms with Crippen LogP contribution in [-0.2, 0) is 28.8 Å². The van der Waals surface area contributed by atoms with Gasteiger partial charge in [-0.15, -0.1) is 0 Å². The zero-order chi connectivity index (χ0) is 63.4. The van der Waals surface area contributed by atoms with Gasteiger partial charge >= 0.3 is 17.9 Å². The van der Waals surface area contributed by atoms with Gasteiger partial charge in [0.1, 0.15) is 20.6 Å². The normalized spacial score (nSPS) is 11.5. The lowest BCUT2D eigenvalue weighted by atomic mass is 9.89. The summed E-state index contributed by atoms with van der Waals surface area (Å²) in [5, 5.41) is 36.0. The van der Waals surface area contributed by atoms with Crippen LogP contribution in [0.5, 0.6) is 0 Å². The maximum atomic E-state index is 11.9. The van der Waals surface area contributed by atoms with Crippen LogP contribution in [0.3, 0.4) is 0 Å². The smallest absolute Gasteiger partial charge is 0.350 e. The molecule has 94 heavy (non-hydrogen) atoms. The van der Waals surface area contributed by atoms with Crippen molar-refractivity contribution in [3.63, 3.8) is 0 Å². The van der Waals surface area contributed by atoms with Crippen LogP contribution in [0.4, 0.5) is 0 Å². The number of hydrogen-bond acceptors (Lipinski definition) is 17. The van der Waals surface area contributed by atoms with E-state index in [1.807, 2.05) is 110 Å². The fourth-order valence-electron chi connectivity index (χ4n) is 9.71. The number of ether oxygens (including phenoxy) is 1. The van der Waals surface area contributed by atoms with Crippen molar-refractivity contribution in [2.24, 2.45) is 0 Å². The molecule has 490 valence electrons. The van der Waals surface area contributed by atoms with Crippen molar-refractivity contribution in [2.45, 2.75) is 61.3 Å². The lowest BCUT2D eigenvalue weighted by Gasteiger charge is -2.17. The van der Waals surface area contributed by atoms with Gasteiger partial charge in [-0.2, -0.15) is 31.4 Å². The number of benzene rings is 4. The van der Waals surface area contributed by atoms with E-state index in [0.29, 0.717) is 38.7 Å². The first-order chi connectivity index (χ1) is 43.8. The van der Waals surface area contributed by atoms with Crippen molar-refractivity contribution in [1.29, 1.82) is 0 Å². The largest absolute Gasteiger partial charge is 0.463 e. The number of fused-ring (bicyclic) bond motifs is 4. The lowest BCUT2D eigenvalue weighted by molar-refractivity contribution is -0.150. The number of esters is 1. The Morgan fingerprint density at radius 3 is 1.26 bits per heavy atom. The zero-order valence-electron chi connectivity index (χ0n) is 48.8. The minimum Gasteiger partial charge on any atom is -0.463 e. The van der Waals surface area contributed by atoms with Gasteiger partial charge in [0, 0.05) is 120 Å². The molecule has 0 aliphatic rings. The molecule has 0 saturated heterocycles. The molecular weight excluding hydrogens is 1280 g/mol. The summed E-state index contributed by atoms with van der Waals surface area (Å²) in [6, 6.07) is 38.4. The molecule has 0 saturated carbocycles. The first kappa shape index (κ1) is 75.0. The molecule has 0 aliphatic carbocycles. The van der Waals surface area contributed by atoms with Crippen LogP contribution >= 0.6 is 46.4 Å². The van der Waals surface area contributed by atoms with Crippen LogP contribution in [0.25, 0.3) is 54.8 Å². The van der Waals surface area contributed by atoms with Crippen molar-refractivity contribution in [3.8, 4) is 0 Å². The third kappa shape index (κ3) is 19.4. The van der Waals surface area contributed by atoms with E-state index in [4.69, 9.17) is 60.8 Å². The Hall–Kier alpha value is -9.71. The molecule has 0 aliphatic heterocycles. The second-order valence-corrected chi connectivity index (χ2v) is 21.1. The molecule has 12 aromatic rings. The molecule has 25 heteroatoms. The maximum Gasteiger partial charge on any atom is 0.350 e. The van der Waals surface area contributed by atoms with Gasteiger partial charge in [0.05, 0.1) is 35.1 Å². The summed E-state index contributed by atoms with van der Waals surface area (Å²) < 4.78 is 5.03. The van der Waals surface area contributed by atoms with Crippen molar-refractivity contribution in [1.82, 2.24) is 77.0 Å². The van der Waals surface area contributed by atoms with Gasteiger partial charge in [-0.05, 0) is 144 Å². The van der Waals surface area contributed by atoms with E-state index < -0.39 is 11.9 Å². The number of hydrogen-bond donors (Lipinski definition) is 7. The molecule has 0 radical (unpaired) electrons. The highest BCUT2D eigenvalue weighted by atomic mass is 35.5. The Bertz CT molecular complexity index is 4270. The van der Waals surface area contributed by atoms with E-state index in [2.05, 4.69) is 95.2 Å².